The summed E-state index contributed by atoms with van der Waals surface area (Å²) < 4.78 is 5.17. The van der Waals surface area contributed by atoms with Gasteiger partial charge in [0.15, 0.2) is 5.78 Å². The van der Waals surface area contributed by atoms with Gasteiger partial charge in [0.25, 0.3) is 0 Å². The Bertz CT molecular complexity index is 4390. The first-order valence-corrected chi connectivity index (χ1v) is 28.9. The van der Waals surface area contributed by atoms with Gasteiger partial charge in [-0.3, -0.25) is 4.79 Å². The molecule has 4 heterocycles. The Morgan fingerprint density at radius 2 is 1.24 bits per heavy atom. The van der Waals surface area contributed by atoms with Crippen LogP contribution in [0.2, 0.25) is 0 Å². The van der Waals surface area contributed by atoms with Crippen molar-refractivity contribution in [1.29, 1.82) is 5.26 Å². The molecule has 4 aromatic heterocycles. The number of fused-ring (bicyclic) bond motifs is 23. The Balaban J connectivity index is 1.00. The van der Waals surface area contributed by atoms with Crippen LogP contribution in [0.5, 0.6) is 0 Å². The molecule has 75 heavy (non-hydrogen) atoms. The molecule has 7 aliphatic carbocycles. The third-order valence-electron chi connectivity index (χ3n) is 22.0. The number of aromatic nitrogens is 2. The van der Waals surface area contributed by atoms with Crippen LogP contribution in [-0.2, 0) is 10.8 Å². The van der Waals surface area contributed by atoms with Crippen molar-refractivity contribution in [3.05, 3.63) is 165 Å². The molecule has 4 bridgehead atoms. The van der Waals surface area contributed by atoms with E-state index in [1.807, 2.05) is 0 Å². The van der Waals surface area contributed by atoms with Crippen molar-refractivity contribution in [3.63, 3.8) is 0 Å². The molecule has 18 rings (SSSR count). The van der Waals surface area contributed by atoms with E-state index in [1.54, 1.807) is 0 Å². The lowest BCUT2D eigenvalue weighted by Gasteiger charge is -2.47. The first-order chi connectivity index (χ1) is 36.2. The predicted octanol–water partition coefficient (Wildman–Crippen LogP) is 18.1. The van der Waals surface area contributed by atoms with Crippen molar-refractivity contribution in [2.24, 2.45) is 29.1 Å². The maximum absolute atomic E-state index is 15.2. The molecule has 11 aromatic rings. The lowest BCUT2D eigenvalue weighted by atomic mass is 9.57. The van der Waals surface area contributed by atoms with Crippen molar-refractivity contribution in [1.82, 2.24) is 8.80 Å². The topological polar surface area (TPSA) is 49.7 Å². The summed E-state index contributed by atoms with van der Waals surface area (Å²) >= 11 is 0. The lowest BCUT2D eigenvalue weighted by molar-refractivity contribution is 0.0595. The van der Waals surface area contributed by atoms with Crippen LogP contribution in [0.3, 0.4) is 0 Å². The number of nitriles is 1. The first-order valence-electron chi connectivity index (χ1n) is 28.9. The van der Waals surface area contributed by atoms with E-state index in [9.17, 15) is 5.26 Å². The Hall–Kier alpha value is -6.70. The summed E-state index contributed by atoms with van der Waals surface area (Å²) in [4.78, 5) is 15.2. The fourth-order valence-electron chi connectivity index (χ4n) is 18.8. The van der Waals surface area contributed by atoms with E-state index in [0.29, 0.717) is 17.6 Å². The summed E-state index contributed by atoms with van der Waals surface area (Å²) in [5, 5.41) is 21.9. The van der Waals surface area contributed by atoms with Crippen LogP contribution in [0.15, 0.2) is 109 Å². The van der Waals surface area contributed by atoms with E-state index in [2.05, 4.69) is 173 Å². The number of hydrogen-bond acceptors (Lipinski definition) is 2. The van der Waals surface area contributed by atoms with E-state index < -0.39 is 0 Å². The SMILES string of the molecule is CC1CC2CC(C1)CC(C)(c1cc3c4cc5c(cc4n4c6cc7c8cc(C(C)(C)C)cc9c%10c%11c(c(C#N)cc%10n(c7cc6c(c1)c34)c89)C(c1ccccc1)C1c3ccccc3C%111)C(=O)C1(C(C)C)CCC5CC1)C2. The summed E-state index contributed by atoms with van der Waals surface area (Å²) in [5.41, 5.74) is 19.7. The van der Waals surface area contributed by atoms with Gasteiger partial charge in [0.2, 0.25) is 0 Å². The van der Waals surface area contributed by atoms with Gasteiger partial charge in [-0.05, 0) is 197 Å². The summed E-state index contributed by atoms with van der Waals surface area (Å²) in [6, 6.07) is 45.5. The molecule has 0 spiro atoms. The molecule has 370 valence electrons. The monoisotopic (exact) mass is 976 g/mol. The summed E-state index contributed by atoms with van der Waals surface area (Å²) in [7, 11) is 0. The van der Waals surface area contributed by atoms with Crippen LogP contribution in [0.25, 0.3) is 76.2 Å². The van der Waals surface area contributed by atoms with Gasteiger partial charge in [-0.1, -0.05) is 103 Å². The van der Waals surface area contributed by atoms with Crippen molar-refractivity contribution >= 4 is 82.0 Å². The minimum absolute atomic E-state index is 0.0857. The maximum Gasteiger partial charge on any atom is 0.169 e. The summed E-state index contributed by atoms with van der Waals surface area (Å²) in [6.07, 6.45) is 10.8. The maximum atomic E-state index is 15.2. The molecular weight excluding hydrogens is 911 g/mol. The highest BCUT2D eigenvalue weighted by Gasteiger charge is 2.53. The van der Waals surface area contributed by atoms with Crippen molar-refractivity contribution in [2.75, 3.05) is 0 Å². The minimum atomic E-state index is -0.286. The van der Waals surface area contributed by atoms with E-state index in [-0.39, 0.29) is 34.0 Å². The fourth-order valence-corrected chi connectivity index (χ4v) is 18.8. The standard InChI is InChI=1S/C71H65N3O/c1-36(2)71-19-17-40(18-20-71)47-29-48-52-27-44(70(7)33-38-21-37(3)22-39(23-38)34-70)28-53-50-31-57-49(30-56(50)73(66(52)53)58(48)32-54(47)68(71)75)51-25-43(69(4,5)6)26-55-62-59(74(57)67(51)55)24-42(35-72)61-60(41-13-9-8-10-14-41)63-45-15-11-12-16-46(45)64(63)65(61)62/h8-16,24-32,36-40,60,63-64H,17-23,33-34H2,1-7H3. The van der Waals surface area contributed by atoms with Crippen LogP contribution >= 0.6 is 0 Å². The second kappa shape index (κ2) is 14.2. The van der Waals surface area contributed by atoms with Crippen LogP contribution in [0.1, 0.15) is 190 Å². The van der Waals surface area contributed by atoms with Gasteiger partial charge in [-0.15, -0.1) is 0 Å². The quantitative estimate of drug-likeness (QED) is 0.177. The molecule has 7 aromatic carbocycles. The molecule has 0 aliphatic heterocycles. The van der Waals surface area contributed by atoms with Gasteiger partial charge in [-0.2, -0.15) is 5.26 Å². The highest BCUT2D eigenvalue weighted by molar-refractivity contribution is 6.30. The van der Waals surface area contributed by atoms with E-state index in [0.717, 1.165) is 60.1 Å². The molecule has 0 saturated heterocycles. The number of rotatable bonds is 3. The van der Waals surface area contributed by atoms with Gasteiger partial charge in [0, 0.05) is 71.8 Å². The Labute approximate surface area is 439 Å². The number of ketones is 1. The summed E-state index contributed by atoms with van der Waals surface area (Å²) in [5.74, 6) is 4.08. The molecule has 5 atom stereocenters. The number of Topliss-reactive ketones (excluding diaryl/α,β-unsaturated/α-hetero) is 1. The molecule has 0 N–H and O–H groups in total. The van der Waals surface area contributed by atoms with Gasteiger partial charge in [0.05, 0.1) is 44.7 Å². The van der Waals surface area contributed by atoms with E-state index >= 15 is 4.79 Å². The number of nitrogens with zero attached hydrogens (tertiary/aromatic N) is 3. The van der Waals surface area contributed by atoms with E-state index in [4.69, 9.17) is 0 Å². The molecular formula is C71H65N3O. The molecule has 3 fully saturated rings. The second-order valence-electron chi connectivity index (χ2n) is 27.3. The van der Waals surface area contributed by atoms with E-state index in [1.165, 1.54) is 147 Å². The third kappa shape index (κ3) is 5.32. The zero-order chi connectivity index (χ0) is 50.5. The molecule has 5 unspecified atom stereocenters. The zero-order valence-corrected chi connectivity index (χ0v) is 44.6. The Kier molecular flexibility index (Phi) is 8.25. The second-order valence-corrected chi connectivity index (χ2v) is 27.3. The first kappa shape index (κ1) is 43.5. The Morgan fingerprint density at radius 3 is 1.91 bits per heavy atom. The van der Waals surface area contributed by atoms with Crippen molar-refractivity contribution < 1.29 is 4.79 Å². The van der Waals surface area contributed by atoms with Gasteiger partial charge in [0.1, 0.15) is 0 Å². The largest absolute Gasteiger partial charge is 0.308 e. The predicted molar refractivity (Wildman–Crippen MR) is 308 cm³/mol. The van der Waals surface area contributed by atoms with Crippen LogP contribution in [0, 0.1) is 40.4 Å². The molecule has 0 amide bonds. The third-order valence-corrected chi connectivity index (χ3v) is 22.0. The number of hydrogen-bond donors (Lipinski definition) is 0. The van der Waals surface area contributed by atoms with Gasteiger partial charge in [-0.25, -0.2) is 0 Å². The normalized spacial score (nSPS) is 28.1. The summed E-state index contributed by atoms with van der Waals surface area (Å²) in [6.45, 7) is 16.8. The average Bonchev–Trinajstić information content (AvgIpc) is 4.35. The van der Waals surface area contributed by atoms with Gasteiger partial charge >= 0.3 is 0 Å². The lowest BCUT2D eigenvalue weighted by Crippen LogP contribution is -2.38. The highest BCUT2D eigenvalue weighted by atomic mass is 16.1. The molecule has 4 heteroatoms. The Morgan fingerprint density at radius 1 is 0.640 bits per heavy atom. The van der Waals surface area contributed by atoms with Crippen LogP contribution < -0.4 is 0 Å². The molecule has 3 saturated carbocycles. The number of carbonyl (C=O) groups excluding carboxylic acids is 1. The minimum Gasteiger partial charge on any atom is -0.308 e. The van der Waals surface area contributed by atoms with Crippen molar-refractivity contribution in [2.45, 2.75) is 141 Å². The number of carbonyl (C=O) groups is 1. The smallest absolute Gasteiger partial charge is 0.169 e. The average molecular weight is 976 g/mol. The fraction of sp³-hybridized carbons (Fsp3) is 0.380. The zero-order valence-electron chi connectivity index (χ0n) is 44.6. The van der Waals surface area contributed by atoms with Gasteiger partial charge < -0.3 is 8.80 Å². The van der Waals surface area contributed by atoms with Crippen molar-refractivity contribution in [3.8, 4) is 6.07 Å². The molecule has 4 nitrogen and oxygen atoms in total. The van der Waals surface area contributed by atoms with Crippen LogP contribution in [0.4, 0.5) is 0 Å². The highest BCUT2D eigenvalue weighted by Crippen LogP contribution is 2.67. The number of benzene rings is 7. The van der Waals surface area contributed by atoms with Crippen LogP contribution in [-0.4, -0.2) is 14.6 Å². The molecule has 7 aliphatic rings. The molecule has 0 radical (unpaired) electrons.